The third-order valence-corrected chi connectivity index (χ3v) is 6.93. The number of phosphoric ester groups is 1. The van der Waals surface area contributed by atoms with E-state index < -0.39 is 60.3 Å². The summed E-state index contributed by atoms with van der Waals surface area (Å²) >= 11 is 0. The summed E-state index contributed by atoms with van der Waals surface area (Å²) in [4.78, 5) is 58.2. The number of aromatic nitrogens is 2. The Balaban J connectivity index is -0.00000225. The molecule has 20 N–H and O–H groups in total. The van der Waals surface area contributed by atoms with Gasteiger partial charge in [-0.2, -0.15) is 4.98 Å². The molecule has 1 aromatic heterocycles. The van der Waals surface area contributed by atoms with E-state index >= 15 is 0 Å². The van der Waals surface area contributed by atoms with E-state index in [0.29, 0.717) is 0 Å². The van der Waals surface area contributed by atoms with Gasteiger partial charge in [0, 0.05) is 6.20 Å². The quantitative estimate of drug-likeness (QED) is 0.155. The molecule has 1 aliphatic heterocycles. The van der Waals surface area contributed by atoms with Crippen LogP contribution in [0.15, 0.2) is 17.1 Å². The molecule has 0 radical (unpaired) electrons. The third kappa shape index (κ3) is 10.3. The van der Waals surface area contributed by atoms with Crippen LogP contribution >= 0.6 is 23.5 Å². The van der Waals surface area contributed by atoms with Crippen LogP contribution in [0.25, 0.3) is 0 Å². The maximum absolute atomic E-state index is 11.8. The number of rotatable bonds is 8. The van der Waals surface area contributed by atoms with Gasteiger partial charge >= 0.3 is 5.69 Å². The van der Waals surface area contributed by atoms with E-state index in [0.717, 1.165) is 10.8 Å². The number of aliphatic hydroxyl groups excluding tert-OH is 2. The van der Waals surface area contributed by atoms with Crippen molar-refractivity contribution in [3.05, 3.63) is 22.7 Å². The molecule has 0 saturated carbocycles. The summed E-state index contributed by atoms with van der Waals surface area (Å²) in [5.74, 6) is -0.145. The summed E-state index contributed by atoms with van der Waals surface area (Å²) in [6.07, 6.45) is -5.66. The molecule has 1 aliphatic rings. The second kappa shape index (κ2) is 13.0. The zero-order valence-corrected chi connectivity index (χ0v) is 20.5. The van der Waals surface area contributed by atoms with Crippen molar-refractivity contribution in [3.63, 3.8) is 0 Å². The fraction of sp³-hybridized carbons (Fsp3) is 0.556. The summed E-state index contributed by atoms with van der Waals surface area (Å²) in [6, 6.07) is 1.17. The largest absolute Gasteiger partial charge is 0.790 e. The van der Waals surface area contributed by atoms with E-state index in [4.69, 9.17) is 10.5 Å². The van der Waals surface area contributed by atoms with Crippen LogP contribution in [0.1, 0.15) is 6.23 Å². The predicted octanol–water partition coefficient (Wildman–Crippen LogP) is -3.24. The van der Waals surface area contributed by atoms with Gasteiger partial charge in [0.1, 0.15) is 24.1 Å². The molecule has 2 heterocycles. The lowest BCUT2D eigenvalue weighted by atomic mass is 10.1. The Morgan fingerprint density at radius 1 is 1.06 bits per heavy atom. The minimum absolute atomic E-state index is 0. The number of hydrogen-bond acceptors (Lipinski definition) is 16. The molecule has 6 atom stereocenters. The summed E-state index contributed by atoms with van der Waals surface area (Å²) in [7, 11) is -18.1. The van der Waals surface area contributed by atoms with Gasteiger partial charge in [-0.3, -0.25) is 18.0 Å². The molecule has 33 heavy (non-hydrogen) atoms. The molecule has 1 fully saturated rings. The Labute approximate surface area is 185 Å². The number of hydrogen-bond donors (Lipinski definition) is 7. The first-order valence-corrected chi connectivity index (χ1v) is 11.6. The van der Waals surface area contributed by atoms with E-state index in [1.165, 1.54) is 6.07 Å². The van der Waals surface area contributed by atoms with Crippen molar-refractivity contribution >= 4 is 29.3 Å². The molecule has 198 valence electrons. The fourth-order valence-electron chi connectivity index (χ4n) is 2.16. The number of quaternary nitrogens is 4. The molecule has 0 bridgehead atoms. The average molecular weight is 553 g/mol. The van der Waals surface area contributed by atoms with Gasteiger partial charge in [-0.1, -0.05) is 0 Å². The minimum atomic E-state index is -6.15. The van der Waals surface area contributed by atoms with E-state index in [1.54, 1.807) is 0 Å². The summed E-state index contributed by atoms with van der Waals surface area (Å²) in [5, 5.41) is 19.9. The van der Waals surface area contributed by atoms with Gasteiger partial charge in [-0.15, -0.1) is 0 Å². The van der Waals surface area contributed by atoms with Crippen LogP contribution in [0, 0.1) is 0 Å². The van der Waals surface area contributed by atoms with Crippen molar-refractivity contribution in [1.29, 1.82) is 0 Å². The van der Waals surface area contributed by atoms with Crippen LogP contribution in [-0.2, 0) is 31.6 Å². The van der Waals surface area contributed by atoms with Crippen LogP contribution in [0.4, 0.5) is 5.82 Å². The highest BCUT2D eigenvalue weighted by molar-refractivity contribution is 7.64. The second-order valence-corrected chi connectivity index (χ2v) is 9.64. The van der Waals surface area contributed by atoms with Gasteiger partial charge in [0.25, 0.3) is 15.6 Å². The molecular formula is C9H28N7O14P3. The molecule has 1 saturated heterocycles. The minimum Gasteiger partial charge on any atom is -0.790 e. The van der Waals surface area contributed by atoms with Crippen molar-refractivity contribution in [2.75, 3.05) is 12.3 Å². The van der Waals surface area contributed by atoms with Crippen LogP contribution in [0.2, 0.25) is 0 Å². The van der Waals surface area contributed by atoms with Crippen LogP contribution < -0.4 is 55.6 Å². The van der Waals surface area contributed by atoms with Crippen LogP contribution in [0.3, 0.4) is 0 Å². The summed E-state index contributed by atoms with van der Waals surface area (Å²) in [6.45, 7) is -1.14. The van der Waals surface area contributed by atoms with Gasteiger partial charge < -0.3 is 73.9 Å². The van der Waals surface area contributed by atoms with Gasteiger partial charge in [-0.05, 0) is 6.07 Å². The lowest BCUT2D eigenvalue weighted by molar-refractivity contribution is -0.339. The molecular weight excluding hydrogens is 525 g/mol. The monoisotopic (exact) mass is 553 g/mol. The number of nitrogen functional groups attached to an aromatic ring is 1. The Hall–Kier alpha value is -1.19. The van der Waals surface area contributed by atoms with Crippen LogP contribution in [-0.4, -0.2) is 44.7 Å². The summed E-state index contributed by atoms with van der Waals surface area (Å²) < 4.78 is 49.1. The molecule has 0 aliphatic carbocycles. The lowest BCUT2D eigenvalue weighted by Crippen LogP contribution is -2.36. The Bertz CT molecular complexity index is 956. The number of nitrogens with zero attached hydrogens (tertiary/aromatic N) is 2. The Morgan fingerprint density at radius 3 is 2.09 bits per heavy atom. The fourth-order valence-corrected chi connectivity index (χ4v) is 5.03. The molecule has 0 spiro atoms. The van der Waals surface area contributed by atoms with Crippen molar-refractivity contribution in [2.24, 2.45) is 0 Å². The number of phosphoric acid groups is 3. The standard InChI is InChI=1S/C9H16N3O14P3.4H3N/c10-5-1-2-12(9(15)11-5)8-7(14)6(13)4(24-8)3-23-28(19,20)26-29(21,22)25-27(16,17)18;;;;/h1-2,4,6-8,13-14H,3H2,(H,19,20)(H,21,22)(H2,10,11,15)(H2,16,17,18);4*1H3/t4-,6-,7-,8-;;;;/m1..../s1/i9+2;;;;. The number of ether oxygens (including phenoxy) is 1. The van der Waals surface area contributed by atoms with Crippen molar-refractivity contribution < 1.29 is 61.4 Å². The van der Waals surface area contributed by atoms with E-state index in [9.17, 15) is 48.3 Å². The number of aliphatic hydroxyl groups is 2. The van der Waals surface area contributed by atoms with Crippen molar-refractivity contribution in [3.8, 4) is 0 Å². The first-order chi connectivity index (χ1) is 13.1. The topological polar surface area (TPSA) is 428 Å². The van der Waals surface area contributed by atoms with Gasteiger partial charge in [0.2, 0.25) is 0 Å². The van der Waals surface area contributed by atoms with Crippen molar-refractivity contribution in [1.82, 2.24) is 34.2 Å². The third-order valence-electron chi connectivity index (χ3n) is 3.26. The predicted molar refractivity (Wildman–Crippen MR) is 104 cm³/mol. The maximum atomic E-state index is 11.8. The molecule has 2 unspecified atom stereocenters. The Kier molecular flexibility index (Phi) is 14.4. The average Bonchev–Trinajstić information content (AvgIpc) is 2.78. The lowest BCUT2D eigenvalue weighted by Gasteiger charge is -2.37. The molecule has 2 rings (SSSR count). The van der Waals surface area contributed by atoms with Gasteiger partial charge in [0.05, 0.1) is 14.4 Å². The number of anilines is 1. The molecule has 21 nitrogen and oxygen atoms in total. The first-order valence-electron chi connectivity index (χ1n) is 7.18. The first kappa shape index (κ1) is 36.4. The van der Waals surface area contributed by atoms with E-state index in [2.05, 4.69) is 18.1 Å². The highest BCUT2D eigenvalue weighted by Gasteiger charge is 2.44. The zero-order valence-electron chi connectivity index (χ0n) is 17.8. The second-order valence-electron chi connectivity index (χ2n) is 5.39. The normalized spacial score (nSPS) is 25.8. The maximum Gasteiger partial charge on any atom is 0.351 e. The molecule has 24 heteroatoms. The smallest absolute Gasteiger partial charge is 0.351 e. The summed E-state index contributed by atoms with van der Waals surface area (Å²) in [5.41, 5.74) is 4.34. The Morgan fingerprint density at radius 2 is 1.61 bits per heavy atom. The zero-order chi connectivity index (χ0) is 22.2. The van der Waals surface area contributed by atoms with Crippen molar-refractivity contribution in [2.45, 2.75) is 24.5 Å². The van der Waals surface area contributed by atoms with E-state index in [1.807, 2.05) is 0 Å². The molecule has 1 aromatic rings. The highest BCUT2D eigenvalue weighted by atomic mass is 31.3. The van der Waals surface area contributed by atoms with Crippen LogP contribution in [0.5, 0.6) is 0 Å². The SMILES string of the molecule is Nc1ccn([C@@H]2O[C@H](COP(=O)([O-])OP(=O)([O-])OP(=O)([O-])[O-])[C@@H](O)[C@H]2O)[14c](=O)n1.[NH4+].[NH4+].[NH4+].[NH4+]. The van der Waals surface area contributed by atoms with Gasteiger partial charge in [0.15, 0.2) is 6.23 Å². The van der Waals surface area contributed by atoms with E-state index in [-0.39, 0.29) is 30.4 Å². The van der Waals surface area contributed by atoms with Gasteiger partial charge in [-0.25, -0.2) is 9.11 Å². The highest BCUT2D eigenvalue weighted by Crippen LogP contribution is 2.60. The molecule has 0 amide bonds. The number of nitrogens with two attached hydrogens (primary N) is 1. The molecule has 0 aromatic carbocycles.